The topological polar surface area (TPSA) is 83.5 Å². The van der Waals surface area contributed by atoms with Gasteiger partial charge in [0.15, 0.2) is 0 Å². The largest absolute Gasteiger partial charge is 0.422 e. The van der Waals surface area contributed by atoms with Gasteiger partial charge in [-0.25, -0.2) is 14.6 Å². The third kappa shape index (κ3) is 5.73. The van der Waals surface area contributed by atoms with E-state index >= 15 is 0 Å². The summed E-state index contributed by atoms with van der Waals surface area (Å²) < 4.78 is 20.8. The van der Waals surface area contributed by atoms with Crippen LogP contribution in [0.25, 0.3) is 22.0 Å². The number of hydrogen-bond donors (Lipinski definition) is 2. The number of esters is 1. The van der Waals surface area contributed by atoms with Crippen LogP contribution in [0.15, 0.2) is 94.5 Å². The number of carbonyl (C=O) groups is 2. The molecule has 0 fully saturated rings. The van der Waals surface area contributed by atoms with E-state index < -0.39 is 17.7 Å². The molecule has 1 heterocycles. The predicted molar refractivity (Wildman–Crippen MR) is 154 cm³/mol. The third-order valence-electron chi connectivity index (χ3n) is 5.78. The number of aromatic amines is 1. The van der Waals surface area contributed by atoms with Crippen LogP contribution >= 0.6 is 39.1 Å². The Hall–Kier alpha value is -3.98. The van der Waals surface area contributed by atoms with Crippen molar-refractivity contribution >= 4 is 68.1 Å². The lowest BCUT2D eigenvalue weighted by atomic mass is 10.0. The fraction of sp³-hybridized carbons (Fsp3) is 0. The lowest BCUT2D eigenvalue weighted by Gasteiger charge is -2.08. The minimum absolute atomic E-state index is 0.0870. The second-order valence-corrected chi connectivity index (χ2v) is 10.1. The molecule has 0 radical (unpaired) electrons. The molecule has 4 aromatic carbocycles. The quantitative estimate of drug-likeness (QED) is 0.0868. The Morgan fingerprint density at radius 1 is 0.974 bits per heavy atom. The molecule has 0 unspecified atom stereocenters. The van der Waals surface area contributed by atoms with E-state index in [0.29, 0.717) is 42.2 Å². The average Bonchev–Trinajstić information content (AvgIpc) is 3.31. The van der Waals surface area contributed by atoms with Gasteiger partial charge in [0.2, 0.25) is 0 Å². The Morgan fingerprint density at radius 2 is 1.74 bits per heavy atom. The van der Waals surface area contributed by atoms with Crippen molar-refractivity contribution in [2.45, 2.75) is 0 Å². The summed E-state index contributed by atoms with van der Waals surface area (Å²) in [5, 5.41) is 5.46. The summed E-state index contributed by atoms with van der Waals surface area (Å²) in [6, 6.07) is 22.8. The maximum absolute atomic E-state index is 14.6. The maximum atomic E-state index is 14.6. The van der Waals surface area contributed by atoms with Crippen LogP contribution in [-0.4, -0.2) is 23.1 Å². The van der Waals surface area contributed by atoms with Crippen molar-refractivity contribution in [3.05, 3.63) is 122 Å². The number of H-pyrrole nitrogens is 1. The molecule has 0 aliphatic heterocycles. The van der Waals surface area contributed by atoms with E-state index in [1.165, 1.54) is 12.3 Å². The van der Waals surface area contributed by atoms with Crippen molar-refractivity contribution in [2.75, 3.05) is 0 Å². The van der Waals surface area contributed by atoms with Crippen LogP contribution in [0.1, 0.15) is 26.4 Å². The standard InChI is InChI=1S/C29H17BrCl2FN3O3/c30-18-10-13-24(39-29(38)16-8-11-19(31)12-9-16)17(14-18)15-34-36-28(37)27-25(20-4-1-2-6-22(20)32)21-5-3-7-23(33)26(21)35-27/h1-15,35H,(H,36,37). The maximum Gasteiger partial charge on any atom is 0.343 e. The van der Waals surface area contributed by atoms with E-state index in [2.05, 4.69) is 31.4 Å². The van der Waals surface area contributed by atoms with E-state index in [9.17, 15) is 14.0 Å². The molecule has 5 aromatic rings. The van der Waals surface area contributed by atoms with Crippen LogP contribution in [0, 0.1) is 5.82 Å². The molecule has 0 spiro atoms. The van der Waals surface area contributed by atoms with E-state index in [1.54, 1.807) is 78.9 Å². The minimum atomic E-state index is -0.619. The number of ether oxygens (including phenoxy) is 1. The van der Waals surface area contributed by atoms with Gasteiger partial charge in [0.05, 0.1) is 17.3 Å². The number of hydrogen-bond acceptors (Lipinski definition) is 4. The fourth-order valence-corrected chi connectivity index (χ4v) is 4.70. The molecule has 1 aromatic heterocycles. The van der Waals surface area contributed by atoms with Gasteiger partial charge in [-0.2, -0.15) is 5.10 Å². The van der Waals surface area contributed by atoms with Gasteiger partial charge in [0.1, 0.15) is 17.3 Å². The molecular formula is C29H17BrCl2FN3O3. The highest BCUT2D eigenvalue weighted by molar-refractivity contribution is 9.10. The molecule has 1 amide bonds. The molecule has 6 nitrogen and oxygen atoms in total. The van der Waals surface area contributed by atoms with Crippen LogP contribution in [-0.2, 0) is 0 Å². The Balaban J connectivity index is 1.43. The number of rotatable bonds is 6. The Morgan fingerprint density at radius 3 is 2.51 bits per heavy atom. The zero-order valence-electron chi connectivity index (χ0n) is 19.8. The monoisotopic (exact) mass is 623 g/mol. The number of para-hydroxylation sites is 1. The van der Waals surface area contributed by atoms with E-state index in [-0.39, 0.29) is 17.0 Å². The zero-order valence-corrected chi connectivity index (χ0v) is 22.9. The summed E-state index contributed by atoms with van der Waals surface area (Å²) in [5.74, 6) is -1.49. The third-order valence-corrected chi connectivity index (χ3v) is 6.85. The van der Waals surface area contributed by atoms with Crippen LogP contribution in [0.4, 0.5) is 4.39 Å². The fourth-order valence-electron chi connectivity index (χ4n) is 3.97. The molecule has 5 rings (SSSR count). The van der Waals surface area contributed by atoms with Crippen LogP contribution < -0.4 is 10.2 Å². The van der Waals surface area contributed by atoms with Crippen LogP contribution in [0.5, 0.6) is 5.75 Å². The van der Waals surface area contributed by atoms with Gasteiger partial charge in [-0.05, 0) is 54.6 Å². The van der Waals surface area contributed by atoms with E-state index in [4.69, 9.17) is 27.9 Å². The Labute approximate surface area is 240 Å². The number of aromatic nitrogens is 1. The second kappa shape index (κ2) is 11.4. The first-order valence-electron chi connectivity index (χ1n) is 11.5. The number of nitrogens with one attached hydrogen (secondary N) is 2. The van der Waals surface area contributed by atoms with Crippen molar-refractivity contribution in [3.8, 4) is 16.9 Å². The first kappa shape index (κ1) is 26.6. The van der Waals surface area contributed by atoms with Gasteiger partial charge < -0.3 is 9.72 Å². The Bertz CT molecular complexity index is 1750. The number of benzene rings is 4. The summed E-state index contributed by atoms with van der Waals surface area (Å²) in [7, 11) is 0. The summed E-state index contributed by atoms with van der Waals surface area (Å²) >= 11 is 15.7. The number of amides is 1. The SMILES string of the molecule is O=C(Oc1ccc(Br)cc1C=NNC(=O)c1[nH]c2c(F)cccc2c1-c1ccccc1Cl)c1ccc(Cl)cc1. The molecule has 0 bridgehead atoms. The molecule has 39 heavy (non-hydrogen) atoms. The van der Waals surface area contributed by atoms with E-state index in [0.717, 1.165) is 0 Å². The first-order valence-corrected chi connectivity index (χ1v) is 13.0. The molecule has 0 saturated carbocycles. The first-order chi connectivity index (χ1) is 18.8. The highest BCUT2D eigenvalue weighted by Gasteiger charge is 2.22. The van der Waals surface area contributed by atoms with Crippen LogP contribution in [0.3, 0.4) is 0 Å². The van der Waals surface area contributed by atoms with Gasteiger partial charge in [0, 0.05) is 36.6 Å². The second-order valence-electron chi connectivity index (χ2n) is 8.29. The molecule has 10 heteroatoms. The number of fused-ring (bicyclic) bond motifs is 1. The lowest BCUT2D eigenvalue weighted by Crippen LogP contribution is -2.19. The summed E-state index contributed by atoms with van der Waals surface area (Å²) in [6.45, 7) is 0. The normalized spacial score (nSPS) is 11.2. The van der Waals surface area contributed by atoms with E-state index in [1.807, 2.05) is 0 Å². The van der Waals surface area contributed by atoms with Gasteiger partial charge in [-0.15, -0.1) is 0 Å². The Kier molecular flexibility index (Phi) is 7.79. The van der Waals surface area contributed by atoms with Gasteiger partial charge >= 0.3 is 5.97 Å². The van der Waals surface area contributed by atoms with Crippen LogP contribution in [0.2, 0.25) is 10.0 Å². The minimum Gasteiger partial charge on any atom is -0.422 e. The molecule has 194 valence electrons. The highest BCUT2D eigenvalue weighted by Crippen LogP contribution is 2.37. The molecule has 2 N–H and O–H groups in total. The smallest absolute Gasteiger partial charge is 0.343 e. The molecule has 0 saturated heterocycles. The number of hydrazone groups is 1. The van der Waals surface area contributed by atoms with Crippen molar-refractivity contribution in [3.63, 3.8) is 0 Å². The van der Waals surface area contributed by atoms with Gasteiger partial charge in [-0.3, -0.25) is 4.79 Å². The zero-order chi connectivity index (χ0) is 27.5. The van der Waals surface area contributed by atoms with Crippen molar-refractivity contribution in [1.29, 1.82) is 0 Å². The van der Waals surface area contributed by atoms with Crippen molar-refractivity contribution in [2.24, 2.45) is 5.10 Å². The average molecular weight is 625 g/mol. The summed E-state index contributed by atoms with van der Waals surface area (Å²) in [6.07, 6.45) is 1.34. The molecular weight excluding hydrogens is 608 g/mol. The van der Waals surface area contributed by atoms with Crippen molar-refractivity contribution in [1.82, 2.24) is 10.4 Å². The predicted octanol–water partition coefficient (Wildman–Crippen LogP) is 8.03. The lowest BCUT2D eigenvalue weighted by molar-refractivity contribution is 0.0734. The molecule has 0 aliphatic carbocycles. The van der Waals surface area contributed by atoms with Gasteiger partial charge in [0.25, 0.3) is 5.91 Å². The molecule has 0 aliphatic rings. The number of carbonyl (C=O) groups excluding carboxylic acids is 2. The summed E-state index contributed by atoms with van der Waals surface area (Å²) in [4.78, 5) is 28.7. The number of halogens is 4. The molecule has 0 atom stereocenters. The van der Waals surface area contributed by atoms with Crippen molar-refractivity contribution < 1.29 is 18.7 Å². The van der Waals surface area contributed by atoms with Gasteiger partial charge in [-0.1, -0.05) is 69.5 Å². The summed E-state index contributed by atoms with van der Waals surface area (Å²) in [5.41, 5.74) is 4.46. The number of nitrogens with zero attached hydrogens (tertiary/aromatic N) is 1. The highest BCUT2D eigenvalue weighted by atomic mass is 79.9.